The fraction of sp³-hybridized carbons (Fsp3) is 0.350. The average molecular weight is 360 g/mol. The first kappa shape index (κ1) is 17.8. The zero-order valence-corrected chi connectivity index (χ0v) is 15.0. The van der Waals surface area contributed by atoms with Crippen LogP contribution in [-0.4, -0.2) is 22.9 Å². The number of carbonyl (C=O) groups is 1. The average Bonchev–Trinajstić information content (AvgIpc) is 2.93. The van der Waals surface area contributed by atoms with Crippen LogP contribution in [0.4, 0.5) is 4.79 Å². The maximum Gasteiger partial charge on any atom is 0.408 e. The molecule has 0 heterocycles. The van der Waals surface area contributed by atoms with Crippen molar-refractivity contribution in [2.45, 2.75) is 38.0 Å². The van der Waals surface area contributed by atoms with E-state index in [0.717, 1.165) is 28.7 Å². The second-order valence-corrected chi connectivity index (χ2v) is 6.83. The van der Waals surface area contributed by atoms with Crippen LogP contribution < -0.4 is 5.32 Å². The summed E-state index contributed by atoms with van der Waals surface area (Å²) < 4.78 is 5.42. The molecule has 1 amide bonds. The second kappa shape index (κ2) is 7.46. The van der Waals surface area contributed by atoms with E-state index < -0.39 is 17.8 Å². The Morgan fingerprint density at radius 1 is 1.16 bits per heavy atom. The highest BCUT2D eigenvalue weighted by Crippen LogP contribution is 2.43. The number of nitrogens with one attached hydrogen (secondary N) is 1. The smallest absolute Gasteiger partial charge is 0.408 e. The lowest BCUT2D eigenvalue weighted by Gasteiger charge is -2.25. The lowest BCUT2D eigenvalue weighted by Crippen LogP contribution is -2.38. The summed E-state index contributed by atoms with van der Waals surface area (Å²) in [5.74, 6) is -0.0404. The predicted molar refractivity (Wildman–Crippen MR) is 98.4 cm³/mol. The van der Waals surface area contributed by atoms with Crippen molar-refractivity contribution >= 4 is 17.7 Å². The Labute approximate surface area is 152 Å². The molecular weight excluding hydrogens is 338 g/mol. The van der Waals surface area contributed by atoms with Gasteiger partial charge in [0.25, 0.3) is 0 Å². The summed E-state index contributed by atoms with van der Waals surface area (Å²) in [6, 6.07) is 15.7. The number of fused-ring (bicyclic) bond motifs is 3. The molecule has 0 aliphatic heterocycles. The van der Waals surface area contributed by atoms with Gasteiger partial charge in [0, 0.05) is 0 Å². The van der Waals surface area contributed by atoms with Crippen molar-refractivity contribution in [1.29, 1.82) is 0 Å². The number of aliphatic hydroxyl groups excluding tert-OH is 1. The van der Waals surface area contributed by atoms with Gasteiger partial charge in [-0.05, 0) is 34.6 Å². The van der Waals surface area contributed by atoms with E-state index >= 15 is 0 Å². The Bertz CT molecular complexity index is 717. The van der Waals surface area contributed by atoms with Crippen molar-refractivity contribution in [3.8, 4) is 11.1 Å². The molecule has 3 atom stereocenters. The SMILES string of the molecule is CCC(C)C(OC(=O)NC1c2ccccc2-c2ccccc21)C(O)Cl. The van der Waals surface area contributed by atoms with Crippen LogP contribution in [0.1, 0.15) is 37.4 Å². The van der Waals surface area contributed by atoms with Crippen LogP contribution in [0.5, 0.6) is 0 Å². The minimum atomic E-state index is -1.23. The number of ether oxygens (including phenoxy) is 1. The number of alkyl carbamates (subject to hydrolysis) is 1. The van der Waals surface area contributed by atoms with Gasteiger partial charge in [0.15, 0.2) is 5.56 Å². The number of rotatable bonds is 5. The second-order valence-electron chi connectivity index (χ2n) is 6.38. The van der Waals surface area contributed by atoms with Crippen LogP contribution in [-0.2, 0) is 4.74 Å². The molecule has 1 aliphatic rings. The number of benzene rings is 2. The third kappa shape index (κ3) is 3.51. The van der Waals surface area contributed by atoms with Gasteiger partial charge in [0.05, 0.1) is 6.04 Å². The van der Waals surface area contributed by atoms with E-state index in [2.05, 4.69) is 5.32 Å². The molecule has 132 valence electrons. The van der Waals surface area contributed by atoms with E-state index in [4.69, 9.17) is 16.3 Å². The number of hydrogen-bond acceptors (Lipinski definition) is 3. The van der Waals surface area contributed by atoms with Crippen molar-refractivity contribution in [3.63, 3.8) is 0 Å². The zero-order chi connectivity index (χ0) is 18.0. The molecule has 0 fully saturated rings. The van der Waals surface area contributed by atoms with Crippen LogP contribution in [0.2, 0.25) is 0 Å². The summed E-state index contributed by atoms with van der Waals surface area (Å²) in [7, 11) is 0. The molecule has 2 aromatic carbocycles. The van der Waals surface area contributed by atoms with Gasteiger partial charge in [-0.15, -0.1) is 0 Å². The van der Waals surface area contributed by atoms with Gasteiger partial charge in [-0.3, -0.25) is 0 Å². The molecular formula is C20H22ClNO3. The zero-order valence-electron chi connectivity index (χ0n) is 14.3. The van der Waals surface area contributed by atoms with E-state index in [0.29, 0.717) is 0 Å². The van der Waals surface area contributed by atoms with Crippen molar-refractivity contribution < 1.29 is 14.6 Å². The number of amides is 1. The molecule has 0 saturated heterocycles. The Morgan fingerprint density at radius 3 is 2.16 bits per heavy atom. The fourth-order valence-electron chi connectivity index (χ4n) is 3.26. The monoisotopic (exact) mass is 359 g/mol. The third-order valence-corrected chi connectivity index (χ3v) is 5.06. The van der Waals surface area contributed by atoms with Crippen molar-refractivity contribution in [3.05, 3.63) is 59.7 Å². The number of hydrogen-bond donors (Lipinski definition) is 2. The molecule has 0 radical (unpaired) electrons. The van der Waals surface area contributed by atoms with Crippen molar-refractivity contribution in [2.24, 2.45) is 5.92 Å². The number of alkyl halides is 1. The highest BCUT2D eigenvalue weighted by Gasteiger charge is 2.32. The van der Waals surface area contributed by atoms with E-state index in [-0.39, 0.29) is 12.0 Å². The minimum absolute atomic E-state index is 0.0404. The summed E-state index contributed by atoms with van der Waals surface area (Å²) in [5, 5.41) is 12.6. The molecule has 4 nitrogen and oxygen atoms in total. The minimum Gasteiger partial charge on any atom is -0.442 e. The van der Waals surface area contributed by atoms with Crippen LogP contribution in [0, 0.1) is 5.92 Å². The van der Waals surface area contributed by atoms with E-state index in [9.17, 15) is 9.90 Å². The van der Waals surface area contributed by atoms with Crippen molar-refractivity contribution in [2.75, 3.05) is 0 Å². The molecule has 1 aliphatic carbocycles. The normalized spacial score (nSPS) is 16.5. The van der Waals surface area contributed by atoms with Gasteiger partial charge in [-0.2, -0.15) is 0 Å². The van der Waals surface area contributed by atoms with Crippen LogP contribution in [0.3, 0.4) is 0 Å². The van der Waals surface area contributed by atoms with Crippen LogP contribution in [0.25, 0.3) is 11.1 Å². The first-order valence-corrected chi connectivity index (χ1v) is 8.94. The molecule has 2 aromatic rings. The standard InChI is InChI=1S/C20H22ClNO3/c1-3-12(2)18(19(21)23)25-20(24)22-17-15-10-6-4-8-13(15)14-9-5-7-11-16(14)17/h4-12,17-19,23H,3H2,1-2H3,(H,22,24). The molecule has 0 saturated carbocycles. The number of halogens is 1. The molecule has 0 bridgehead atoms. The summed E-state index contributed by atoms with van der Waals surface area (Å²) in [6.45, 7) is 3.85. The Kier molecular flexibility index (Phi) is 5.30. The summed E-state index contributed by atoms with van der Waals surface area (Å²) in [4.78, 5) is 12.5. The maximum atomic E-state index is 12.5. The van der Waals surface area contributed by atoms with E-state index in [1.54, 1.807) is 0 Å². The fourth-order valence-corrected chi connectivity index (χ4v) is 3.56. The summed E-state index contributed by atoms with van der Waals surface area (Å²) in [6.07, 6.45) is -0.586. The quantitative estimate of drug-likeness (QED) is 0.775. The van der Waals surface area contributed by atoms with Gasteiger partial charge in [-0.1, -0.05) is 74.0 Å². The van der Waals surface area contributed by atoms with Gasteiger partial charge in [0.1, 0.15) is 6.10 Å². The highest BCUT2D eigenvalue weighted by atomic mass is 35.5. The summed E-state index contributed by atoms with van der Waals surface area (Å²) in [5.41, 5.74) is 3.06. The van der Waals surface area contributed by atoms with Gasteiger partial charge >= 0.3 is 6.09 Å². The highest BCUT2D eigenvalue weighted by molar-refractivity contribution is 6.19. The lowest BCUT2D eigenvalue weighted by molar-refractivity contribution is 0.00767. The predicted octanol–water partition coefficient (Wildman–Crippen LogP) is 4.45. The molecule has 5 heteroatoms. The van der Waals surface area contributed by atoms with Gasteiger partial charge < -0.3 is 15.2 Å². The van der Waals surface area contributed by atoms with Gasteiger partial charge in [-0.25, -0.2) is 4.79 Å². The van der Waals surface area contributed by atoms with Crippen LogP contribution in [0.15, 0.2) is 48.5 Å². The molecule has 2 N–H and O–H groups in total. The molecule has 0 aromatic heterocycles. The van der Waals surface area contributed by atoms with E-state index in [1.807, 2.05) is 62.4 Å². The number of carbonyl (C=O) groups excluding carboxylic acids is 1. The largest absolute Gasteiger partial charge is 0.442 e. The Hall–Kier alpha value is -2.04. The first-order valence-electron chi connectivity index (χ1n) is 8.50. The summed E-state index contributed by atoms with van der Waals surface area (Å²) >= 11 is 5.79. The molecule has 0 spiro atoms. The lowest BCUT2D eigenvalue weighted by atomic mass is 10.0. The maximum absolute atomic E-state index is 12.5. The third-order valence-electron chi connectivity index (χ3n) is 4.81. The first-order chi connectivity index (χ1) is 12.0. The molecule has 3 unspecified atom stereocenters. The molecule has 25 heavy (non-hydrogen) atoms. The number of aliphatic hydroxyl groups is 1. The topological polar surface area (TPSA) is 58.6 Å². The van der Waals surface area contributed by atoms with E-state index in [1.165, 1.54) is 0 Å². The van der Waals surface area contributed by atoms with Crippen LogP contribution >= 0.6 is 11.6 Å². The Morgan fingerprint density at radius 2 is 1.68 bits per heavy atom. The van der Waals surface area contributed by atoms with Crippen molar-refractivity contribution in [1.82, 2.24) is 5.32 Å². The van der Waals surface area contributed by atoms with Gasteiger partial charge in [0.2, 0.25) is 0 Å². The molecule has 3 rings (SSSR count). The Balaban J connectivity index is 1.82.